The first-order chi connectivity index (χ1) is 14.9. The first-order valence-corrected chi connectivity index (χ1v) is 10.2. The molecule has 4 aromatic rings. The van der Waals surface area contributed by atoms with E-state index in [9.17, 15) is 0 Å². The van der Waals surface area contributed by atoms with Gasteiger partial charge >= 0.3 is 0 Å². The highest BCUT2D eigenvalue weighted by atomic mass is 16.5. The van der Waals surface area contributed by atoms with Crippen molar-refractivity contribution in [2.45, 2.75) is 6.54 Å². The molecule has 0 bridgehead atoms. The Kier molecular flexibility index (Phi) is 5.23. The molecule has 1 fully saturated rings. The monoisotopic (exact) mass is 397 g/mol. The largest absolute Gasteiger partial charge is 0.378 e. The predicted octanol–water partition coefficient (Wildman–Crippen LogP) is 4.14. The number of para-hydroxylation sites is 1. The van der Waals surface area contributed by atoms with Crippen LogP contribution in [0.4, 0.5) is 11.6 Å². The average molecular weight is 397 g/mol. The maximum atomic E-state index is 5.42. The summed E-state index contributed by atoms with van der Waals surface area (Å²) in [6.07, 6.45) is 1.93. The molecule has 6 heteroatoms. The van der Waals surface area contributed by atoms with Gasteiger partial charge in [0.15, 0.2) is 5.82 Å². The molecule has 2 aromatic heterocycles. The number of pyridine rings is 1. The van der Waals surface area contributed by atoms with Gasteiger partial charge in [-0.15, -0.1) is 0 Å². The lowest BCUT2D eigenvalue weighted by Crippen LogP contribution is -2.36. The third-order valence-electron chi connectivity index (χ3n) is 5.24. The number of hydrogen-bond donors (Lipinski definition) is 1. The quantitative estimate of drug-likeness (QED) is 0.546. The second-order valence-corrected chi connectivity index (χ2v) is 7.26. The summed E-state index contributed by atoms with van der Waals surface area (Å²) in [6.45, 7) is 3.94. The molecule has 0 spiro atoms. The molecule has 0 radical (unpaired) electrons. The van der Waals surface area contributed by atoms with E-state index < -0.39 is 0 Å². The number of nitrogens with zero attached hydrogens (tertiary/aromatic N) is 4. The lowest BCUT2D eigenvalue weighted by atomic mass is 10.2. The topological polar surface area (TPSA) is 63.2 Å². The van der Waals surface area contributed by atoms with Gasteiger partial charge in [0.2, 0.25) is 0 Å². The van der Waals surface area contributed by atoms with Crippen LogP contribution >= 0.6 is 0 Å². The molecule has 0 saturated carbocycles. The van der Waals surface area contributed by atoms with Crippen LogP contribution in [-0.2, 0) is 11.3 Å². The van der Waals surface area contributed by atoms with Crippen molar-refractivity contribution in [3.63, 3.8) is 0 Å². The predicted molar refractivity (Wildman–Crippen MR) is 120 cm³/mol. The Morgan fingerprint density at radius 2 is 1.67 bits per heavy atom. The molecule has 6 nitrogen and oxygen atoms in total. The number of ether oxygens (including phenoxy) is 1. The normalized spacial score (nSPS) is 14.1. The summed E-state index contributed by atoms with van der Waals surface area (Å²) >= 11 is 0. The number of morpholine rings is 1. The zero-order valence-electron chi connectivity index (χ0n) is 16.7. The maximum absolute atomic E-state index is 5.42. The molecule has 0 amide bonds. The molecule has 2 aromatic carbocycles. The molecule has 1 saturated heterocycles. The molecular weight excluding hydrogens is 374 g/mol. The number of hydrogen-bond acceptors (Lipinski definition) is 6. The van der Waals surface area contributed by atoms with E-state index >= 15 is 0 Å². The van der Waals surface area contributed by atoms with Gasteiger partial charge in [-0.25, -0.2) is 15.0 Å². The van der Waals surface area contributed by atoms with Crippen molar-refractivity contribution >= 4 is 22.5 Å². The minimum Gasteiger partial charge on any atom is -0.378 e. The molecule has 3 heterocycles. The molecular formula is C24H23N5O. The minimum atomic E-state index is 0.644. The Morgan fingerprint density at radius 1 is 0.867 bits per heavy atom. The zero-order chi connectivity index (χ0) is 20.2. The first-order valence-electron chi connectivity index (χ1n) is 10.2. The summed E-state index contributed by atoms with van der Waals surface area (Å²) in [5.74, 6) is 2.55. The maximum Gasteiger partial charge on any atom is 0.162 e. The number of anilines is 2. The number of rotatable bonds is 5. The number of aromatic nitrogens is 3. The van der Waals surface area contributed by atoms with E-state index in [0.29, 0.717) is 6.54 Å². The molecule has 1 N–H and O–H groups in total. The van der Waals surface area contributed by atoms with Gasteiger partial charge in [-0.3, -0.25) is 0 Å². The van der Waals surface area contributed by atoms with Crippen molar-refractivity contribution in [3.05, 3.63) is 78.5 Å². The Hall–Kier alpha value is -3.51. The second-order valence-electron chi connectivity index (χ2n) is 7.26. The Balaban J connectivity index is 1.38. The van der Waals surface area contributed by atoms with Crippen molar-refractivity contribution < 1.29 is 4.74 Å². The van der Waals surface area contributed by atoms with Gasteiger partial charge in [0.05, 0.1) is 18.7 Å². The number of fused-ring (bicyclic) bond motifs is 1. The van der Waals surface area contributed by atoms with E-state index in [1.54, 1.807) is 0 Å². The third-order valence-corrected chi connectivity index (χ3v) is 5.24. The van der Waals surface area contributed by atoms with Gasteiger partial charge in [0.1, 0.15) is 11.6 Å². The van der Waals surface area contributed by atoms with Gasteiger partial charge in [-0.2, -0.15) is 0 Å². The average Bonchev–Trinajstić information content (AvgIpc) is 2.84. The standard InChI is InChI=1S/C24H23N5O/c1-2-6-19(7-3-1)23-27-21-9-5-4-8-20(21)24(28-23)26-17-18-10-11-22(25-16-18)29-12-14-30-15-13-29/h1-11,16H,12-15,17H2,(H,26,27,28). The highest BCUT2D eigenvalue weighted by Crippen LogP contribution is 2.25. The van der Waals surface area contributed by atoms with Gasteiger partial charge in [0, 0.05) is 36.8 Å². The zero-order valence-corrected chi connectivity index (χ0v) is 16.7. The molecule has 30 heavy (non-hydrogen) atoms. The Morgan fingerprint density at radius 3 is 2.47 bits per heavy atom. The van der Waals surface area contributed by atoms with Crippen molar-refractivity contribution in [1.82, 2.24) is 15.0 Å². The van der Waals surface area contributed by atoms with Crippen molar-refractivity contribution in [2.24, 2.45) is 0 Å². The summed E-state index contributed by atoms with van der Waals surface area (Å²) in [6, 6.07) is 22.3. The van der Waals surface area contributed by atoms with E-state index in [-0.39, 0.29) is 0 Å². The summed E-state index contributed by atoms with van der Waals surface area (Å²) in [5, 5.41) is 4.50. The summed E-state index contributed by atoms with van der Waals surface area (Å²) in [7, 11) is 0. The van der Waals surface area contributed by atoms with Crippen molar-refractivity contribution in [3.8, 4) is 11.4 Å². The van der Waals surface area contributed by atoms with E-state index in [2.05, 4.69) is 27.3 Å². The fourth-order valence-electron chi connectivity index (χ4n) is 3.61. The SMILES string of the molecule is c1ccc(-c2nc(NCc3ccc(N4CCOCC4)nc3)c3ccccc3n2)cc1. The minimum absolute atomic E-state index is 0.644. The Labute approximate surface area is 175 Å². The van der Waals surface area contributed by atoms with Crippen LogP contribution < -0.4 is 10.2 Å². The van der Waals surface area contributed by atoms with Gasteiger partial charge in [-0.1, -0.05) is 48.5 Å². The van der Waals surface area contributed by atoms with Gasteiger partial charge in [-0.05, 0) is 23.8 Å². The molecule has 5 rings (SSSR count). The van der Waals surface area contributed by atoms with Gasteiger partial charge < -0.3 is 15.0 Å². The number of benzene rings is 2. The van der Waals surface area contributed by atoms with Crippen LogP contribution in [-0.4, -0.2) is 41.3 Å². The van der Waals surface area contributed by atoms with Crippen molar-refractivity contribution in [2.75, 3.05) is 36.5 Å². The number of nitrogens with one attached hydrogen (secondary N) is 1. The second kappa shape index (κ2) is 8.47. The molecule has 0 unspecified atom stereocenters. The highest BCUT2D eigenvalue weighted by Gasteiger charge is 2.12. The van der Waals surface area contributed by atoms with Crippen LogP contribution in [0.2, 0.25) is 0 Å². The summed E-state index contributed by atoms with van der Waals surface area (Å²) in [4.78, 5) is 16.5. The van der Waals surface area contributed by atoms with E-state index in [1.165, 1.54) is 0 Å². The lowest BCUT2D eigenvalue weighted by molar-refractivity contribution is 0.122. The summed E-state index contributed by atoms with van der Waals surface area (Å²) in [5.41, 5.74) is 3.04. The lowest BCUT2D eigenvalue weighted by Gasteiger charge is -2.27. The fourth-order valence-corrected chi connectivity index (χ4v) is 3.61. The van der Waals surface area contributed by atoms with Crippen LogP contribution in [0.25, 0.3) is 22.3 Å². The molecule has 0 atom stereocenters. The summed E-state index contributed by atoms with van der Waals surface area (Å²) < 4.78 is 5.42. The highest BCUT2D eigenvalue weighted by molar-refractivity contribution is 5.90. The van der Waals surface area contributed by atoms with Crippen LogP contribution in [0.15, 0.2) is 72.9 Å². The smallest absolute Gasteiger partial charge is 0.162 e. The Bertz CT molecular complexity index is 1130. The van der Waals surface area contributed by atoms with Crippen LogP contribution in [0.3, 0.4) is 0 Å². The van der Waals surface area contributed by atoms with E-state index in [1.807, 2.05) is 60.8 Å². The molecule has 1 aliphatic rings. The van der Waals surface area contributed by atoms with Crippen LogP contribution in [0.5, 0.6) is 0 Å². The van der Waals surface area contributed by atoms with Crippen LogP contribution in [0, 0.1) is 0 Å². The van der Waals surface area contributed by atoms with Gasteiger partial charge in [0.25, 0.3) is 0 Å². The van der Waals surface area contributed by atoms with Crippen molar-refractivity contribution in [1.29, 1.82) is 0 Å². The third kappa shape index (κ3) is 3.95. The molecule has 150 valence electrons. The van der Waals surface area contributed by atoms with E-state index in [0.717, 1.165) is 65.8 Å². The van der Waals surface area contributed by atoms with E-state index in [4.69, 9.17) is 14.7 Å². The fraction of sp³-hybridized carbons (Fsp3) is 0.208. The van der Waals surface area contributed by atoms with Crippen LogP contribution in [0.1, 0.15) is 5.56 Å². The molecule has 0 aliphatic carbocycles. The molecule has 1 aliphatic heterocycles. The first kappa shape index (κ1) is 18.5.